The summed E-state index contributed by atoms with van der Waals surface area (Å²) in [7, 11) is -3.74. The number of aromatic nitrogens is 2. The lowest BCUT2D eigenvalue weighted by Gasteiger charge is -2.14. The summed E-state index contributed by atoms with van der Waals surface area (Å²) in [6.45, 7) is 5.80. The second kappa shape index (κ2) is 7.25. The van der Waals surface area contributed by atoms with Crippen molar-refractivity contribution in [3.8, 4) is 0 Å². The maximum atomic E-state index is 12.3. The van der Waals surface area contributed by atoms with Crippen molar-refractivity contribution in [2.24, 2.45) is 0 Å². The van der Waals surface area contributed by atoms with Crippen molar-refractivity contribution in [1.82, 2.24) is 14.3 Å². The fourth-order valence-corrected chi connectivity index (χ4v) is 3.21. The lowest BCUT2D eigenvalue weighted by molar-refractivity contribution is 0.181. The number of nitrogens with zero attached hydrogens (tertiary/aromatic N) is 2. The van der Waals surface area contributed by atoms with E-state index < -0.39 is 16.1 Å². The van der Waals surface area contributed by atoms with Crippen LogP contribution in [0.5, 0.6) is 0 Å². The first-order valence-electron chi connectivity index (χ1n) is 7.62. The highest BCUT2D eigenvalue weighted by Gasteiger charge is 2.20. The normalized spacial score (nSPS) is 14.6. The smallest absolute Gasteiger partial charge is 0.259 e. The van der Waals surface area contributed by atoms with E-state index >= 15 is 0 Å². The Balaban J connectivity index is 2.07. The molecule has 6 nitrogen and oxygen atoms in total. The van der Waals surface area contributed by atoms with E-state index in [-0.39, 0.29) is 17.6 Å². The van der Waals surface area contributed by atoms with Gasteiger partial charge in [-0.1, -0.05) is 31.2 Å². The molecule has 0 aliphatic heterocycles. The minimum absolute atomic E-state index is 0.0326. The van der Waals surface area contributed by atoms with Crippen LogP contribution in [-0.2, 0) is 10.0 Å². The average molecular weight is 337 g/mol. The SMILES string of the molecule is CC[C@H](C)n1cnc(S(=O)(=O)NC[C@@H](O)c2ccccc2C)c1. The average Bonchev–Trinajstić information content (AvgIpc) is 3.03. The summed E-state index contributed by atoms with van der Waals surface area (Å²) in [5.74, 6) is 0. The third kappa shape index (κ3) is 4.19. The molecule has 1 aromatic carbocycles. The van der Waals surface area contributed by atoms with Gasteiger partial charge in [-0.2, -0.15) is 0 Å². The number of aliphatic hydroxyl groups excluding tert-OH is 1. The van der Waals surface area contributed by atoms with Crippen molar-refractivity contribution in [2.45, 2.75) is 44.4 Å². The molecule has 7 heteroatoms. The number of rotatable bonds is 7. The maximum Gasteiger partial charge on any atom is 0.259 e. The van der Waals surface area contributed by atoms with Crippen LogP contribution < -0.4 is 4.72 Å². The summed E-state index contributed by atoms with van der Waals surface area (Å²) in [5, 5.41) is 10.2. The molecule has 0 saturated heterocycles. The van der Waals surface area contributed by atoms with Gasteiger partial charge in [-0.15, -0.1) is 0 Å². The van der Waals surface area contributed by atoms with Crippen LogP contribution in [0.3, 0.4) is 0 Å². The Labute approximate surface area is 137 Å². The highest BCUT2D eigenvalue weighted by atomic mass is 32.2. The first-order valence-corrected chi connectivity index (χ1v) is 9.10. The van der Waals surface area contributed by atoms with Crippen LogP contribution in [0.25, 0.3) is 0 Å². The molecule has 1 aromatic heterocycles. The third-order valence-corrected chi connectivity index (χ3v) is 5.28. The van der Waals surface area contributed by atoms with E-state index in [1.165, 1.54) is 12.5 Å². The van der Waals surface area contributed by atoms with Crippen LogP contribution in [0.15, 0.2) is 41.8 Å². The molecule has 0 amide bonds. The van der Waals surface area contributed by atoms with Crippen LogP contribution in [-0.4, -0.2) is 29.6 Å². The number of sulfonamides is 1. The Bertz CT molecular complexity index is 755. The predicted octanol–water partition coefficient (Wildman–Crippen LogP) is 2.17. The van der Waals surface area contributed by atoms with E-state index in [0.29, 0.717) is 5.56 Å². The molecule has 0 saturated carbocycles. The molecular weight excluding hydrogens is 314 g/mol. The molecule has 0 aliphatic rings. The van der Waals surface area contributed by atoms with Gasteiger partial charge in [0, 0.05) is 18.8 Å². The first kappa shape index (κ1) is 17.7. The number of aryl methyl sites for hydroxylation is 1. The summed E-state index contributed by atoms with van der Waals surface area (Å²) in [5.41, 5.74) is 1.63. The number of hydrogen-bond donors (Lipinski definition) is 2. The first-order chi connectivity index (χ1) is 10.8. The Hall–Kier alpha value is -1.70. The lowest BCUT2D eigenvalue weighted by Crippen LogP contribution is -2.29. The highest BCUT2D eigenvalue weighted by molar-refractivity contribution is 7.89. The van der Waals surface area contributed by atoms with Crippen molar-refractivity contribution in [3.63, 3.8) is 0 Å². The largest absolute Gasteiger partial charge is 0.387 e. The summed E-state index contributed by atoms with van der Waals surface area (Å²) < 4.78 is 28.7. The molecule has 0 radical (unpaired) electrons. The van der Waals surface area contributed by atoms with E-state index in [1.54, 1.807) is 10.6 Å². The molecule has 0 spiro atoms. The monoisotopic (exact) mass is 337 g/mol. The molecule has 126 valence electrons. The predicted molar refractivity (Wildman–Crippen MR) is 88.6 cm³/mol. The standard InChI is InChI=1S/C16H23N3O3S/c1-4-13(3)19-10-16(17-11-19)23(21,22)18-9-15(20)14-8-6-5-7-12(14)2/h5-8,10-11,13,15,18,20H,4,9H2,1-3H3/t13-,15+/m0/s1. The molecule has 2 atom stereocenters. The fourth-order valence-electron chi connectivity index (χ4n) is 2.24. The summed E-state index contributed by atoms with van der Waals surface area (Å²) in [4.78, 5) is 3.96. The maximum absolute atomic E-state index is 12.3. The number of nitrogens with one attached hydrogen (secondary N) is 1. The van der Waals surface area contributed by atoms with Gasteiger partial charge < -0.3 is 9.67 Å². The molecule has 0 bridgehead atoms. The van der Waals surface area contributed by atoms with Gasteiger partial charge >= 0.3 is 0 Å². The zero-order chi connectivity index (χ0) is 17.0. The molecule has 0 unspecified atom stereocenters. The van der Waals surface area contributed by atoms with Crippen LogP contribution in [0.2, 0.25) is 0 Å². The van der Waals surface area contributed by atoms with Gasteiger partial charge in [0.1, 0.15) is 0 Å². The Morgan fingerprint density at radius 3 is 2.70 bits per heavy atom. The highest BCUT2D eigenvalue weighted by Crippen LogP contribution is 2.18. The Morgan fingerprint density at radius 2 is 2.04 bits per heavy atom. The molecular formula is C16H23N3O3S. The minimum atomic E-state index is -3.74. The topological polar surface area (TPSA) is 84.2 Å². The van der Waals surface area contributed by atoms with E-state index in [0.717, 1.165) is 12.0 Å². The van der Waals surface area contributed by atoms with Gasteiger partial charge in [-0.05, 0) is 31.4 Å². The van der Waals surface area contributed by atoms with Gasteiger partial charge in [0.25, 0.3) is 10.0 Å². The van der Waals surface area contributed by atoms with Crippen molar-refractivity contribution in [2.75, 3.05) is 6.54 Å². The summed E-state index contributed by atoms with van der Waals surface area (Å²) in [6.07, 6.45) is 3.01. The van der Waals surface area contributed by atoms with E-state index in [1.807, 2.05) is 39.0 Å². The molecule has 2 aromatic rings. The zero-order valence-electron chi connectivity index (χ0n) is 13.6. The fraction of sp³-hybridized carbons (Fsp3) is 0.438. The summed E-state index contributed by atoms with van der Waals surface area (Å²) in [6, 6.07) is 7.53. The Morgan fingerprint density at radius 1 is 1.35 bits per heavy atom. The van der Waals surface area contributed by atoms with Crippen LogP contribution in [0, 0.1) is 6.92 Å². The van der Waals surface area contributed by atoms with Gasteiger partial charge in [0.05, 0.1) is 12.4 Å². The van der Waals surface area contributed by atoms with Crippen LogP contribution in [0.4, 0.5) is 0 Å². The second-order valence-corrected chi connectivity index (χ2v) is 7.35. The molecule has 23 heavy (non-hydrogen) atoms. The Kier molecular flexibility index (Phi) is 5.56. The molecule has 0 fully saturated rings. The van der Waals surface area contributed by atoms with E-state index in [4.69, 9.17) is 0 Å². The van der Waals surface area contributed by atoms with E-state index in [2.05, 4.69) is 9.71 Å². The number of hydrogen-bond acceptors (Lipinski definition) is 4. The van der Waals surface area contributed by atoms with Gasteiger partial charge in [0.2, 0.25) is 0 Å². The van der Waals surface area contributed by atoms with Crippen molar-refractivity contribution in [1.29, 1.82) is 0 Å². The second-order valence-electron chi connectivity index (χ2n) is 5.64. The summed E-state index contributed by atoms with van der Waals surface area (Å²) >= 11 is 0. The van der Waals surface area contributed by atoms with Crippen molar-refractivity contribution in [3.05, 3.63) is 47.9 Å². The number of imidazole rings is 1. The van der Waals surface area contributed by atoms with E-state index in [9.17, 15) is 13.5 Å². The zero-order valence-corrected chi connectivity index (χ0v) is 14.4. The number of aliphatic hydroxyl groups is 1. The molecule has 0 aliphatic carbocycles. The third-order valence-electron chi connectivity index (χ3n) is 3.97. The lowest BCUT2D eigenvalue weighted by atomic mass is 10.0. The number of benzene rings is 1. The van der Waals surface area contributed by atoms with Gasteiger partial charge in [-0.3, -0.25) is 0 Å². The molecule has 2 N–H and O–H groups in total. The van der Waals surface area contributed by atoms with Gasteiger partial charge in [-0.25, -0.2) is 18.1 Å². The molecule has 2 rings (SSSR count). The minimum Gasteiger partial charge on any atom is -0.387 e. The van der Waals surface area contributed by atoms with Crippen LogP contribution in [0.1, 0.15) is 43.5 Å². The van der Waals surface area contributed by atoms with Crippen molar-refractivity contribution < 1.29 is 13.5 Å². The van der Waals surface area contributed by atoms with Gasteiger partial charge in [0.15, 0.2) is 5.03 Å². The molecule has 1 heterocycles. The van der Waals surface area contributed by atoms with Crippen molar-refractivity contribution >= 4 is 10.0 Å². The van der Waals surface area contributed by atoms with Crippen LogP contribution >= 0.6 is 0 Å². The quantitative estimate of drug-likeness (QED) is 0.811.